The minimum absolute atomic E-state index is 0.574. The largest absolute Gasteiger partial charge is 0.415 e. The van der Waals surface area contributed by atoms with Gasteiger partial charge < -0.3 is 20.6 Å². The highest BCUT2D eigenvalue weighted by Crippen LogP contribution is 2.42. The van der Waals surface area contributed by atoms with Gasteiger partial charge >= 0.3 is 42.8 Å². The Kier molecular flexibility index (Phi) is 18.0. The van der Waals surface area contributed by atoms with Gasteiger partial charge in [0, 0.05) is 60.4 Å². The van der Waals surface area contributed by atoms with Crippen LogP contribution in [0.15, 0.2) is 303 Å². The van der Waals surface area contributed by atoms with Crippen molar-refractivity contribution in [1.82, 2.24) is 0 Å². The molecule has 1 aliphatic rings. The Balaban J connectivity index is 1.29. The van der Waals surface area contributed by atoms with E-state index >= 15 is 0 Å². The lowest BCUT2D eigenvalue weighted by Gasteiger charge is -2.54. The molecule has 0 unspecified atom stereocenters. The summed E-state index contributed by atoms with van der Waals surface area (Å²) < 4.78 is 44.7. The fourth-order valence-electron chi connectivity index (χ4n) is 11.9. The fraction of sp³-hybridized carbons (Fsp3) is 0.143. The highest BCUT2D eigenvalue weighted by Gasteiger charge is 2.63. The Hall–Kier alpha value is -6.92. The standard InChI is InChI=1S/C70H70O5Si5/c1-11-31-61(32-12-1)51-76(52-62-33-13-2-14-34-62)71-77(53-63-35-15-3-16-36-63,54-64-37-17-4-18-38-64)73-79(57-67-43-23-7-24-44-67,58-68-45-25-8-26-46-68)75-80(59-69-47-27-9-28-48-69,60-70-49-29-10-30-50-70)74-78(72-76,55-65-39-19-5-20-40-65)56-66-41-21-6-22-42-66/h1-50H,51-60H2. The van der Waals surface area contributed by atoms with E-state index in [9.17, 15) is 0 Å². The highest BCUT2D eigenvalue weighted by atomic mass is 28.5. The maximum Gasteiger partial charge on any atom is 0.329 e. The molecule has 1 fully saturated rings. The van der Waals surface area contributed by atoms with E-state index in [4.69, 9.17) is 20.6 Å². The van der Waals surface area contributed by atoms with Crippen molar-refractivity contribution in [2.75, 3.05) is 0 Å². The first-order chi connectivity index (χ1) is 39.3. The average Bonchev–Trinajstić information content (AvgIpc) is 3.53. The SMILES string of the molecule is c1ccc(C[Si]2(Cc3ccccc3)O[Si](Cc3ccccc3)(Cc3ccccc3)O[Si](Cc3ccccc3)(Cc3ccccc3)O[Si](Cc3ccccc3)(Cc3ccccc3)O[Si](Cc3ccccc3)(Cc3ccccc3)O2)cc1. The van der Waals surface area contributed by atoms with Crippen LogP contribution >= 0.6 is 0 Å². The average molecular weight is 1130 g/mol. The molecule has 0 saturated carbocycles. The monoisotopic (exact) mass is 1130 g/mol. The number of rotatable bonds is 20. The summed E-state index contributed by atoms with van der Waals surface area (Å²) >= 11 is 0. The summed E-state index contributed by atoms with van der Waals surface area (Å²) in [4.78, 5) is 0. The van der Waals surface area contributed by atoms with Crippen molar-refractivity contribution >= 4 is 42.8 Å². The van der Waals surface area contributed by atoms with E-state index in [0.29, 0.717) is 60.4 Å². The van der Waals surface area contributed by atoms with Crippen LogP contribution < -0.4 is 0 Å². The molecule has 0 aliphatic carbocycles. The van der Waals surface area contributed by atoms with Crippen molar-refractivity contribution < 1.29 is 20.6 Å². The molecule has 1 heterocycles. The van der Waals surface area contributed by atoms with Gasteiger partial charge in [-0.1, -0.05) is 303 Å². The van der Waals surface area contributed by atoms with Crippen LogP contribution in [0.1, 0.15) is 55.6 Å². The lowest BCUT2D eigenvalue weighted by atomic mass is 10.2. The van der Waals surface area contributed by atoms with Gasteiger partial charge in [-0.3, -0.25) is 0 Å². The molecule has 400 valence electrons. The summed E-state index contributed by atoms with van der Waals surface area (Å²) in [6.45, 7) is 0. The Morgan fingerprint density at radius 2 is 0.225 bits per heavy atom. The molecule has 0 bridgehead atoms. The zero-order chi connectivity index (χ0) is 54.2. The Labute approximate surface area is 479 Å². The Morgan fingerprint density at radius 1 is 0.138 bits per heavy atom. The third kappa shape index (κ3) is 14.9. The molecule has 0 aromatic heterocycles. The second-order valence-corrected chi connectivity index (χ2v) is 38.4. The van der Waals surface area contributed by atoms with Crippen molar-refractivity contribution in [2.24, 2.45) is 0 Å². The number of hydrogen-bond acceptors (Lipinski definition) is 5. The van der Waals surface area contributed by atoms with Crippen LogP contribution in [0.5, 0.6) is 0 Å². The van der Waals surface area contributed by atoms with Crippen LogP contribution in [0.4, 0.5) is 0 Å². The lowest BCUT2D eigenvalue weighted by Crippen LogP contribution is -2.75. The first-order valence-electron chi connectivity index (χ1n) is 28.2. The van der Waals surface area contributed by atoms with Gasteiger partial charge in [-0.05, 0) is 55.6 Å². The van der Waals surface area contributed by atoms with Gasteiger partial charge in [0.25, 0.3) is 0 Å². The van der Waals surface area contributed by atoms with Crippen molar-refractivity contribution in [1.29, 1.82) is 0 Å². The molecular formula is C70H70O5Si5. The molecule has 1 aliphatic heterocycles. The quantitative estimate of drug-likeness (QED) is 0.0712. The zero-order valence-corrected chi connectivity index (χ0v) is 50.5. The Bertz CT molecular complexity index is 2650. The molecular weight excluding hydrogens is 1060 g/mol. The normalized spacial score (nSPS) is 16.2. The first kappa shape index (κ1) is 55.0. The molecule has 0 N–H and O–H groups in total. The molecule has 0 radical (unpaired) electrons. The molecule has 0 spiro atoms. The van der Waals surface area contributed by atoms with Gasteiger partial charge in [0.2, 0.25) is 0 Å². The van der Waals surface area contributed by atoms with Gasteiger partial charge in [0.15, 0.2) is 0 Å². The molecule has 10 aromatic rings. The molecule has 0 atom stereocenters. The minimum atomic E-state index is -3.82. The topological polar surface area (TPSA) is 46.2 Å². The molecule has 1 saturated heterocycles. The second-order valence-electron chi connectivity index (χ2n) is 21.7. The van der Waals surface area contributed by atoms with Crippen LogP contribution in [-0.2, 0) is 81.0 Å². The number of benzene rings is 10. The van der Waals surface area contributed by atoms with Crippen LogP contribution in [0.2, 0.25) is 0 Å². The van der Waals surface area contributed by atoms with Crippen molar-refractivity contribution in [3.8, 4) is 0 Å². The van der Waals surface area contributed by atoms with Crippen molar-refractivity contribution in [2.45, 2.75) is 60.4 Å². The third-order valence-corrected chi connectivity index (χ3v) is 39.4. The predicted octanol–water partition coefficient (Wildman–Crippen LogP) is 15.1. The van der Waals surface area contributed by atoms with E-state index in [-0.39, 0.29) is 0 Å². The molecule has 80 heavy (non-hydrogen) atoms. The zero-order valence-electron chi connectivity index (χ0n) is 45.5. The Morgan fingerprint density at radius 3 is 0.312 bits per heavy atom. The molecule has 0 amide bonds. The van der Waals surface area contributed by atoms with Crippen molar-refractivity contribution in [3.63, 3.8) is 0 Å². The van der Waals surface area contributed by atoms with Crippen molar-refractivity contribution in [3.05, 3.63) is 359 Å². The van der Waals surface area contributed by atoms with E-state index < -0.39 is 42.8 Å². The summed E-state index contributed by atoms with van der Waals surface area (Å²) in [5.41, 5.74) is 11.7. The number of hydrogen-bond donors (Lipinski definition) is 0. The van der Waals surface area contributed by atoms with E-state index in [1.807, 2.05) is 0 Å². The van der Waals surface area contributed by atoms with Crippen LogP contribution in [0.25, 0.3) is 0 Å². The summed E-state index contributed by atoms with van der Waals surface area (Å²) in [6, 6.07) is 115. The molecule has 5 nitrogen and oxygen atoms in total. The van der Waals surface area contributed by atoms with Gasteiger partial charge in [-0.25, -0.2) is 0 Å². The predicted molar refractivity (Wildman–Crippen MR) is 336 cm³/mol. The molecule has 10 aromatic carbocycles. The first-order valence-corrected chi connectivity index (χ1v) is 39.4. The fourth-order valence-corrected chi connectivity index (χ4v) is 43.1. The van der Waals surface area contributed by atoms with Crippen LogP contribution in [0.3, 0.4) is 0 Å². The second kappa shape index (κ2) is 26.1. The van der Waals surface area contributed by atoms with Crippen LogP contribution in [0, 0.1) is 0 Å². The summed E-state index contributed by atoms with van der Waals surface area (Å²) in [5, 5.41) is 0. The third-order valence-electron chi connectivity index (χ3n) is 15.0. The highest BCUT2D eigenvalue weighted by molar-refractivity contribution is 6.94. The van der Waals surface area contributed by atoms with Gasteiger partial charge in [-0.15, -0.1) is 0 Å². The van der Waals surface area contributed by atoms with E-state index in [2.05, 4.69) is 303 Å². The summed E-state index contributed by atoms with van der Waals surface area (Å²) in [7, 11) is -19.1. The van der Waals surface area contributed by atoms with Gasteiger partial charge in [0.1, 0.15) is 0 Å². The molecule has 10 heteroatoms. The maximum absolute atomic E-state index is 8.94. The van der Waals surface area contributed by atoms with E-state index in [0.717, 1.165) is 0 Å². The van der Waals surface area contributed by atoms with Gasteiger partial charge in [0.05, 0.1) is 0 Å². The van der Waals surface area contributed by atoms with Gasteiger partial charge in [-0.2, -0.15) is 0 Å². The summed E-state index contributed by atoms with van der Waals surface area (Å²) in [5.74, 6) is 0. The molecule has 11 rings (SSSR count). The van der Waals surface area contributed by atoms with E-state index in [1.54, 1.807) is 0 Å². The van der Waals surface area contributed by atoms with Crippen LogP contribution in [-0.4, -0.2) is 42.8 Å². The minimum Gasteiger partial charge on any atom is -0.415 e. The van der Waals surface area contributed by atoms with E-state index in [1.165, 1.54) is 55.6 Å². The lowest BCUT2D eigenvalue weighted by molar-refractivity contribution is 0.204. The smallest absolute Gasteiger partial charge is 0.329 e. The maximum atomic E-state index is 8.94. The summed E-state index contributed by atoms with van der Waals surface area (Å²) in [6.07, 6.45) is 0.